The molecule has 280 valence electrons. The number of rotatable bonds is 6. The predicted octanol–water partition coefficient (Wildman–Crippen LogP) is 16.7. The summed E-state index contributed by atoms with van der Waals surface area (Å²) in [5.41, 5.74) is 12.1. The molecule has 11 aromatic carbocycles. The van der Waals surface area contributed by atoms with Gasteiger partial charge in [0.2, 0.25) is 0 Å². The van der Waals surface area contributed by atoms with E-state index < -0.39 is 0 Å². The zero-order valence-corrected chi connectivity index (χ0v) is 32.7. The Bertz CT molecular complexity index is 3600. The number of fused-ring (bicyclic) bond motifs is 9. The second-order valence-electron chi connectivity index (χ2n) is 15.7. The largest absolute Gasteiger partial charge is 0.456 e. The Labute approximate surface area is 347 Å². The molecule has 0 aliphatic rings. The van der Waals surface area contributed by atoms with Gasteiger partial charge in [-0.3, -0.25) is 0 Å². The predicted molar refractivity (Wildman–Crippen MR) is 255 cm³/mol. The maximum absolute atomic E-state index is 6.26. The van der Waals surface area contributed by atoms with E-state index in [1.165, 1.54) is 65.3 Å². The Hall–Kier alpha value is -7.94. The Morgan fingerprint density at radius 2 is 0.733 bits per heavy atom. The molecule has 0 bridgehead atoms. The van der Waals surface area contributed by atoms with Crippen molar-refractivity contribution in [2.45, 2.75) is 0 Å². The van der Waals surface area contributed by atoms with E-state index in [9.17, 15) is 0 Å². The van der Waals surface area contributed by atoms with Crippen LogP contribution in [0.2, 0.25) is 0 Å². The normalized spacial score (nSPS) is 11.7. The van der Waals surface area contributed by atoms with Gasteiger partial charge in [-0.1, -0.05) is 164 Å². The highest BCUT2D eigenvalue weighted by atomic mass is 16.3. The zero-order valence-electron chi connectivity index (χ0n) is 32.7. The van der Waals surface area contributed by atoms with E-state index in [0.29, 0.717) is 0 Å². The Morgan fingerprint density at radius 3 is 1.38 bits per heavy atom. The van der Waals surface area contributed by atoms with Crippen molar-refractivity contribution in [1.29, 1.82) is 0 Å². The molecule has 0 unspecified atom stereocenters. The van der Waals surface area contributed by atoms with Crippen molar-refractivity contribution in [3.63, 3.8) is 0 Å². The third kappa shape index (κ3) is 5.73. The van der Waals surface area contributed by atoms with Gasteiger partial charge in [0.1, 0.15) is 11.2 Å². The molecule has 0 atom stereocenters. The maximum Gasteiger partial charge on any atom is 0.136 e. The average molecular weight is 764 g/mol. The second-order valence-corrected chi connectivity index (χ2v) is 15.7. The third-order valence-electron chi connectivity index (χ3n) is 12.2. The van der Waals surface area contributed by atoms with Crippen LogP contribution in [0.3, 0.4) is 0 Å². The minimum absolute atomic E-state index is 0.901. The van der Waals surface area contributed by atoms with Gasteiger partial charge in [0.05, 0.1) is 0 Å². The highest BCUT2D eigenvalue weighted by Crippen LogP contribution is 2.42. The van der Waals surface area contributed by atoms with Crippen molar-refractivity contribution < 1.29 is 4.42 Å². The first-order valence-electron chi connectivity index (χ1n) is 20.6. The summed E-state index contributed by atoms with van der Waals surface area (Å²) in [6, 6.07) is 81.4. The lowest BCUT2D eigenvalue weighted by Crippen LogP contribution is -2.10. The fourth-order valence-electron chi connectivity index (χ4n) is 9.24. The quantitative estimate of drug-likeness (QED) is 0.157. The molecule has 0 saturated carbocycles. The van der Waals surface area contributed by atoms with Gasteiger partial charge in [0.15, 0.2) is 0 Å². The molecule has 2 nitrogen and oxygen atoms in total. The van der Waals surface area contributed by atoms with Gasteiger partial charge in [0, 0.05) is 27.8 Å². The highest BCUT2D eigenvalue weighted by molar-refractivity contribution is 6.13. The number of hydrogen-bond acceptors (Lipinski definition) is 2. The van der Waals surface area contributed by atoms with Gasteiger partial charge < -0.3 is 9.32 Å². The van der Waals surface area contributed by atoms with Crippen LogP contribution in [0.15, 0.2) is 229 Å². The minimum atomic E-state index is 0.901. The summed E-state index contributed by atoms with van der Waals surface area (Å²) >= 11 is 0. The van der Waals surface area contributed by atoms with Crippen molar-refractivity contribution in [2.24, 2.45) is 0 Å². The topological polar surface area (TPSA) is 16.4 Å². The van der Waals surface area contributed by atoms with Crippen LogP contribution < -0.4 is 4.90 Å². The van der Waals surface area contributed by atoms with Crippen molar-refractivity contribution in [1.82, 2.24) is 0 Å². The lowest BCUT2D eigenvalue weighted by molar-refractivity contribution is 0.669. The Balaban J connectivity index is 0.972. The summed E-state index contributed by atoms with van der Waals surface area (Å²) in [5.74, 6) is 0. The first-order chi connectivity index (χ1) is 29.7. The number of furan rings is 1. The van der Waals surface area contributed by atoms with Crippen molar-refractivity contribution >= 4 is 82.1 Å². The number of hydrogen-bond donors (Lipinski definition) is 0. The third-order valence-corrected chi connectivity index (χ3v) is 12.2. The molecule has 12 aromatic rings. The van der Waals surface area contributed by atoms with Crippen molar-refractivity contribution in [3.8, 4) is 33.4 Å². The molecule has 0 radical (unpaired) electrons. The molecular formula is C58H37NO. The van der Waals surface area contributed by atoms with Crippen LogP contribution in [-0.2, 0) is 0 Å². The van der Waals surface area contributed by atoms with E-state index in [-0.39, 0.29) is 0 Å². The number of nitrogens with zero attached hydrogens (tertiary/aromatic N) is 1. The molecule has 0 aliphatic carbocycles. The highest BCUT2D eigenvalue weighted by Gasteiger charge is 2.17. The summed E-state index contributed by atoms with van der Waals surface area (Å²) < 4.78 is 6.26. The lowest BCUT2D eigenvalue weighted by Gasteiger charge is -2.26. The summed E-state index contributed by atoms with van der Waals surface area (Å²) in [5, 5.41) is 12.4. The van der Waals surface area contributed by atoms with Crippen molar-refractivity contribution in [2.75, 3.05) is 4.90 Å². The molecule has 0 fully saturated rings. The summed E-state index contributed by atoms with van der Waals surface area (Å²) in [6.07, 6.45) is 0. The van der Waals surface area contributed by atoms with Crippen LogP contribution in [-0.4, -0.2) is 0 Å². The van der Waals surface area contributed by atoms with Gasteiger partial charge >= 0.3 is 0 Å². The lowest BCUT2D eigenvalue weighted by atomic mass is 9.96. The zero-order chi connectivity index (χ0) is 39.6. The molecule has 0 spiro atoms. The molecule has 0 saturated heterocycles. The number of benzene rings is 11. The summed E-state index contributed by atoms with van der Waals surface area (Å²) in [6.45, 7) is 0. The minimum Gasteiger partial charge on any atom is -0.456 e. The van der Waals surface area contributed by atoms with E-state index >= 15 is 0 Å². The molecule has 2 heteroatoms. The Morgan fingerprint density at radius 1 is 0.267 bits per heavy atom. The van der Waals surface area contributed by atoms with E-state index in [0.717, 1.165) is 50.1 Å². The molecular weight excluding hydrogens is 727 g/mol. The van der Waals surface area contributed by atoms with E-state index in [1.807, 2.05) is 12.1 Å². The van der Waals surface area contributed by atoms with E-state index in [1.54, 1.807) is 0 Å². The second kappa shape index (κ2) is 13.9. The van der Waals surface area contributed by atoms with Gasteiger partial charge in [-0.25, -0.2) is 0 Å². The van der Waals surface area contributed by atoms with Crippen LogP contribution >= 0.6 is 0 Å². The molecule has 12 rings (SSSR count). The summed E-state index contributed by atoms with van der Waals surface area (Å²) in [4.78, 5) is 2.37. The van der Waals surface area contributed by atoms with Crippen LogP contribution in [0.4, 0.5) is 17.1 Å². The van der Waals surface area contributed by atoms with Gasteiger partial charge in [-0.2, -0.15) is 0 Å². The Kier molecular flexibility index (Phi) is 7.89. The molecule has 1 aromatic heterocycles. The molecule has 60 heavy (non-hydrogen) atoms. The van der Waals surface area contributed by atoms with Crippen LogP contribution in [0, 0.1) is 0 Å². The molecule has 1 heterocycles. The van der Waals surface area contributed by atoms with Gasteiger partial charge in [-0.05, 0) is 137 Å². The SMILES string of the molecule is c1cc(-c2ccc3ccc4ccccc4c3c2)cc(N(c2ccc(-c3ccc4ccc5ccccc5c4c3)cc2)c2ccc(-c3cccc4oc5ccccc5c34)cc2)c1. The van der Waals surface area contributed by atoms with Gasteiger partial charge in [0.25, 0.3) is 0 Å². The van der Waals surface area contributed by atoms with E-state index in [2.05, 4.69) is 217 Å². The van der Waals surface area contributed by atoms with Crippen LogP contribution in [0.5, 0.6) is 0 Å². The molecule has 0 N–H and O–H groups in total. The monoisotopic (exact) mass is 763 g/mol. The number of para-hydroxylation sites is 1. The fraction of sp³-hybridized carbons (Fsp3) is 0. The number of anilines is 3. The first kappa shape index (κ1) is 34.1. The molecule has 0 amide bonds. The maximum atomic E-state index is 6.26. The smallest absolute Gasteiger partial charge is 0.136 e. The molecule has 0 aliphatic heterocycles. The van der Waals surface area contributed by atoms with Crippen molar-refractivity contribution in [3.05, 3.63) is 224 Å². The first-order valence-corrected chi connectivity index (χ1v) is 20.6. The van der Waals surface area contributed by atoms with Crippen LogP contribution in [0.1, 0.15) is 0 Å². The average Bonchev–Trinajstić information content (AvgIpc) is 3.71. The van der Waals surface area contributed by atoms with E-state index in [4.69, 9.17) is 4.42 Å². The summed E-state index contributed by atoms with van der Waals surface area (Å²) in [7, 11) is 0. The fourth-order valence-corrected chi connectivity index (χ4v) is 9.24. The standard InChI is InChI=1S/C58H37NO/c1-3-13-50-39(9-1)19-21-42-23-25-45(36-54(42)50)38-27-31-47(32-28-38)59(48-33-29-41(30-34-48)52-16-8-18-57-58(52)53-15-5-6-17-56(53)60-57)49-12-7-11-44(35-49)46-26-24-43-22-20-40-10-2-4-14-51(40)55(43)37-46/h1-37H. The van der Waals surface area contributed by atoms with Gasteiger partial charge in [-0.15, -0.1) is 0 Å². The van der Waals surface area contributed by atoms with Crippen LogP contribution in [0.25, 0.3) is 98.4 Å².